The molecule has 0 saturated heterocycles. The fourth-order valence-corrected chi connectivity index (χ4v) is 1.91. The van der Waals surface area contributed by atoms with Gasteiger partial charge in [-0.25, -0.2) is 4.39 Å². The molecular formula is C14H17FN2O2. The monoisotopic (exact) mass is 264 g/mol. The van der Waals surface area contributed by atoms with Gasteiger partial charge in [0.2, 0.25) is 0 Å². The molecular weight excluding hydrogens is 247 g/mol. The first kappa shape index (κ1) is 15.1. The number of hydrogen-bond donors (Lipinski definition) is 1. The van der Waals surface area contributed by atoms with Crippen LogP contribution in [0, 0.1) is 23.1 Å². The lowest BCUT2D eigenvalue weighted by molar-refractivity contribution is 0.101. The second kappa shape index (κ2) is 6.30. The van der Waals surface area contributed by atoms with Gasteiger partial charge in [-0.05, 0) is 33.0 Å². The minimum Gasteiger partial charge on any atom is -0.507 e. The summed E-state index contributed by atoms with van der Waals surface area (Å²) in [6.45, 7) is 3.83. The third-order valence-corrected chi connectivity index (χ3v) is 2.78. The van der Waals surface area contributed by atoms with Gasteiger partial charge in [0.25, 0.3) is 0 Å². The van der Waals surface area contributed by atoms with E-state index in [9.17, 15) is 14.3 Å². The van der Waals surface area contributed by atoms with Crippen molar-refractivity contribution in [2.24, 2.45) is 5.92 Å². The maximum absolute atomic E-state index is 13.4. The highest BCUT2D eigenvalue weighted by Gasteiger charge is 2.15. The average Bonchev–Trinajstić information content (AvgIpc) is 2.32. The molecule has 1 unspecified atom stereocenters. The number of nitrogens with zero attached hydrogens (tertiary/aromatic N) is 2. The number of phenols is 1. The Balaban J connectivity index is 2.96. The zero-order valence-electron chi connectivity index (χ0n) is 11.3. The molecule has 1 aromatic carbocycles. The van der Waals surface area contributed by atoms with Crippen LogP contribution in [-0.2, 0) is 6.54 Å². The van der Waals surface area contributed by atoms with Crippen LogP contribution < -0.4 is 0 Å². The Labute approximate surface area is 112 Å². The van der Waals surface area contributed by atoms with E-state index in [1.807, 2.05) is 0 Å². The largest absolute Gasteiger partial charge is 0.507 e. The summed E-state index contributed by atoms with van der Waals surface area (Å²) in [6.07, 6.45) is 0. The van der Waals surface area contributed by atoms with Crippen molar-refractivity contribution in [3.63, 3.8) is 0 Å². The molecule has 0 saturated carbocycles. The molecule has 0 aromatic heterocycles. The topological polar surface area (TPSA) is 64.3 Å². The van der Waals surface area contributed by atoms with E-state index in [2.05, 4.69) is 6.07 Å². The molecule has 4 nitrogen and oxygen atoms in total. The van der Waals surface area contributed by atoms with Crippen molar-refractivity contribution in [3.05, 3.63) is 29.1 Å². The minimum absolute atomic E-state index is 0.0169. The number of carbonyl (C=O) groups is 1. The van der Waals surface area contributed by atoms with Gasteiger partial charge in [0.1, 0.15) is 11.6 Å². The van der Waals surface area contributed by atoms with Crippen LogP contribution in [0.3, 0.4) is 0 Å². The Kier molecular flexibility index (Phi) is 5.02. The van der Waals surface area contributed by atoms with Gasteiger partial charge in [0.15, 0.2) is 5.78 Å². The van der Waals surface area contributed by atoms with E-state index in [0.717, 1.165) is 6.07 Å². The van der Waals surface area contributed by atoms with Crippen LogP contribution in [0.4, 0.5) is 4.39 Å². The quantitative estimate of drug-likeness (QED) is 0.829. The number of carbonyl (C=O) groups excluding carboxylic acids is 1. The summed E-state index contributed by atoms with van der Waals surface area (Å²) in [5.41, 5.74) is 0.328. The van der Waals surface area contributed by atoms with Gasteiger partial charge in [-0.3, -0.25) is 4.79 Å². The standard InChI is InChI=1S/C14H17FN2O2/c1-9(6-16)7-17(3)8-11-4-12(15)5-13(10(2)18)14(11)19/h4-5,9,19H,7-8H2,1-3H3. The summed E-state index contributed by atoms with van der Waals surface area (Å²) in [4.78, 5) is 13.1. The predicted octanol–water partition coefficient (Wildman–Crippen LogP) is 2.33. The van der Waals surface area contributed by atoms with Crippen molar-refractivity contribution in [1.82, 2.24) is 4.90 Å². The first-order valence-corrected chi connectivity index (χ1v) is 5.95. The van der Waals surface area contributed by atoms with Crippen molar-refractivity contribution >= 4 is 5.78 Å². The Morgan fingerprint density at radius 2 is 2.21 bits per heavy atom. The van der Waals surface area contributed by atoms with Gasteiger partial charge in [-0.15, -0.1) is 0 Å². The first-order chi connectivity index (χ1) is 8.85. The fraction of sp³-hybridized carbons (Fsp3) is 0.429. The molecule has 5 heteroatoms. The van der Waals surface area contributed by atoms with Crippen LogP contribution in [0.25, 0.3) is 0 Å². The molecule has 102 valence electrons. The highest BCUT2D eigenvalue weighted by molar-refractivity contribution is 5.97. The Morgan fingerprint density at radius 3 is 2.74 bits per heavy atom. The number of hydrogen-bond acceptors (Lipinski definition) is 4. The number of Topliss-reactive ketones (excluding diaryl/α,β-unsaturated/α-hetero) is 1. The maximum atomic E-state index is 13.4. The van der Waals surface area contributed by atoms with E-state index in [0.29, 0.717) is 12.1 Å². The normalized spacial score (nSPS) is 12.2. The Bertz CT molecular complexity index is 523. The van der Waals surface area contributed by atoms with Crippen LogP contribution in [-0.4, -0.2) is 29.4 Å². The molecule has 0 aliphatic carbocycles. The van der Waals surface area contributed by atoms with E-state index in [4.69, 9.17) is 5.26 Å². The second-order valence-corrected chi connectivity index (χ2v) is 4.74. The third kappa shape index (κ3) is 4.04. The zero-order chi connectivity index (χ0) is 14.6. The summed E-state index contributed by atoms with van der Waals surface area (Å²) >= 11 is 0. The number of nitriles is 1. The number of rotatable bonds is 5. The van der Waals surface area contributed by atoms with Gasteiger partial charge in [-0.2, -0.15) is 5.26 Å². The van der Waals surface area contributed by atoms with Crippen LogP contribution in [0.15, 0.2) is 12.1 Å². The summed E-state index contributed by atoms with van der Waals surface area (Å²) in [6, 6.07) is 4.34. The van der Waals surface area contributed by atoms with Crippen LogP contribution in [0.2, 0.25) is 0 Å². The molecule has 0 radical (unpaired) electrons. The van der Waals surface area contributed by atoms with E-state index < -0.39 is 5.82 Å². The minimum atomic E-state index is -0.556. The molecule has 1 rings (SSSR count). The highest BCUT2D eigenvalue weighted by Crippen LogP contribution is 2.25. The predicted molar refractivity (Wildman–Crippen MR) is 69.2 cm³/mol. The molecule has 1 aromatic rings. The van der Waals surface area contributed by atoms with Crippen LogP contribution in [0.1, 0.15) is 29.8 Å². The van der Waals surface area contributed by atoms with Crippen molar-refractivity contribution in [1.29, 1.82) is 5.26 Å². The van der Waals surface area contributed by atoms with Gasteiger partial charge < -0.3 is 10.0 Å². The SMILES string of the molecule is CC(=O)c1cc(F)cc(CN(C)CC(C)C#N)c1O. The lowest BCUT2D eigenvalue weighted by Crippen LogP contribution is -2.23. The molecule has 0 amide bonds. The number of halogens is 1. The average molecular weight is 264 g/mol. The summed E-state index contributed by atoms with van der Waals surface area (Å²) < 4.78 is 13.4. The maximum Gasteiger partial charge on any atom is 0.163 e. The van der Waals surface area contributed by atoms with E-state index >= 15 is 0 Å². The zero-order valence-corrected chi connectivity index (χ0v) is 11.3. The summed E-state index contributed by atoms with van der Waals surface area (Å²) in [7, 11) is 1.77. The molecule has 0 bridgehead atoms. The molecule has 0 aliphatic heterocycles. The van der Waals surface area contributed by atoms with Crippen LogP contribution >= 0.6 is 0 Å². The lowest BCUT2D eigenvalue weighted by atomic mass is 10.0. The van der Waals surface area contributed by atoms with E-state index in [1.54, 1.807) is 18.9 Å². The van der Waals surface area contributed by atoms with Gasteiger partial charge >= 0.3 is 0 Å². The fourth-order valence-electron chi connectivity index (χ4n) is 1.91. The van der Waals surface area contributed by atoms with Gasteiger partial charge in [-0.1, -0.05) is 0 Å². The summed E-state index contributed by atoms with van der Waals surface area (Å²) in [5, 5.41) is 18.7. The van der Waals surface area contributed by atoms with Crippen molar-refractivity contribution in [2.75, 3.05) is 13.6 Å². The molecule has 1 N–H and O–H groups in total. The molecule has 0 aliphatic rings. The summed E-state index contributed by atoms with van der Waals surface area (Å²) in [5.74, 6) is -1.29. The molecule has 19 heavy (non-hydrogen) atoms. The Hall–Kier alpha value is -1.93. The first-order valence-electron chi connectivity index (χ1n) is 5.95. The number of aromatic hydroxyl groups is 1. The Morgan fingerprint density at radius 1 is 1.58 bits per heavy atom. The number of phenolic OH excluding ortho intramolecular Hbond substituents is 1. The van der Waals surface area contributed by atoms with Gasteiger partial charge in [0, 0.05) is 18.7 Å². The molecule has 0 fully saturated rings. The molecule has 0 spiro atoms. The van der Waals surface area contributed by atoms with Crippen molar-refractivity contribution < 1.29 is 14.3 Å². The van der Waals surface area contributed by atoms with E-state index in [-0.39, 0.29) is 29.6 Å². The smallest absolute Gasteiger partial charge is 0.163 e. The third-order valence-electron chi connectivity index (χ3n) is 2.78. The lowest BCUT2D eigenvalue weighted by Gasteiger charge is -2.19. The van der Waals surface area contributed by atoms with Crippen molar-refractivity contribution in [2.45, 2.75) is 20.4 Å². The van der Waals surface area contributed by atoms with E-state index in [1.165, 1.54) is 13.0 Å². The van der Waals surface area contributed by atoms with Crippen molar-refractivity contribution in [3.8, 4) is 11.8 Å². The second-order valence-electron chi connectivity index (χ2n) is 4.74. The molecule has 0 heterocycles. The number of ketones is 1. The van der Waals surface area contributed by atoms with Crippen LogP contribution in [0.5, 0.6) is 5.75 Å². The highest BCUT2D eigenvalue weighted by atomic mass is 19.1. The van der Waals surface area contributed by atoms with Gasteiger partial charge in [0.05, 0.1) is 17.6 Å². The number of benzene rings is 1. The molecule has 1 atom stereocenters.